The van der Waals surface area contributed by atoms with Crippen molar-refractivity contribution in [3.63, 3.8) is 0 Å². The molecule has 4 nitrogen and oxygen atoms in total. The van der Waals surface area contributed by atoms with Crippen molar-refractivity contribution in [2.75, 3.05) is 6.61 Å². The predicted molar refractivity (Wildman–Crippen MR) is 100 cm³/mol. The van der Waals surface area contributed by atoms with Crippen LogP contribution in [-0.4, -0.2) is 23.5 Å². The first kappa shape index (κ1) is 16.1. The number of amides is 2. The molecule has 0 spiro atoms. The molecule has 128 valence electrons. The lowest BCUT2D eigenvalue weighted by atomic mass is 10.0. The number of hydrogen-bond donors (Lipinski definition) is 0. The van der Waals surface area contributed by atoms with Crippen LogP contribution in [0.1, 0.15) is 17.2 Å². The number of nitrogens with zero attached hydrogens (tertiary/aromatic N) is 1. The Morgan fingerprint density at radius 2 is 1.69 bits per heavy atom. The Balaban J connectivity index is 1.62. The third-order valence-corrected chi connectivity index (χ3v) is 4.52. The van der Waals surface area contributed by atoms with Crippen molar-refractivity contribution >= 4 is 28.8 Å². The minimum absolute atomic E-state index is 0.177. The topological polar surface area (TPSA) is 46.6 Å². The molecule has 4 rings (SSSR count). The second-order valence-electron chi connectivity index (χ2n) is 6.11. The van der Waals surface area contributed by atoms with Crippen LogP contribution in [0.25, 0.3) is 16.8 Å². The fourth-order valence-electron chi connectivity index (χ4n) is 3.22. The normalized spacial score (nSPS) is 17.0. The van der Waals surface area contributed by atoms with Crippen LogP contribution in [0, 0.1) is 0 Å². The van der Waals surface area contributed by atoms with E-state index in [1.165, 1.54) is 11.0 Å². The molecule has 2 amide bonds. The van der Waals surface area contributed by atoms with Crippen LogP contribution in [-0.2, 0) is 9.53 Å². The van der Waals surface area contributed by atoms with Crippen LogP contribution in [0.5, 0.6) is 0 Å². The summed E-state index contributed by atoms with van der Waals surface area (Å²) < 4.78 is 5.11. The van der Waals surface area contributed by atoms with Crippen molar-refractivity contribution in [2.24, 2.45) is 0 Å². The first-order valence-electron chi connectivity index (χ1n) is 8.45. The molecule has 1 unspecified atom stereocenters. The van der Waals surface area contributed by atoms with Gasteiger partial charge in [0.15, 0.2) is 0 Å². The highest BCUT2D eigenvalue weighted by atomic mass is 16.6. The third-order valence-electron chi connectivity index (χ3n) is 4.52. The van der Waals surface area contributed by atoms with Gasteiger partial charge in [-0.25, -0.2) is 9.69 Å². The molecular weight excluding hydrogens is 326 g/mol. The van der Waals surface area contributed by atoms with Crippen molar-refractivity contribution in [3.8, 4) is 0 Å². The number of benzene rings is 3. The summed E-state index contributed by atoms with van der Waals surface area (Å²) in [5.74, 6) is -0.380. The molecule has 26 heavy (non-hydrogen) atoms. The second kappa shape index (κ2) is 6.84. The van der Waals surface area contributed by atoms with E-state index in [1.54, 1.807) is 6.08 Å². The van der Waals surface area contributed by atoms with Gasteiger partial charge in [-0.2, -0.15) is 0 Å². The number of rotatable bonds is 3. The van der Waals surface area contributed by atoms with Gasteiger partial charge in [0.2, 0.25) is 0 Å². The van der Waals surface area contributed by atoms with Gasteiger partial charge in [0, 0.05) is 6.08 Å². The first-order chi connectivity index (χ1) is 12.7. The maximum atomic E-state index is 12.7. The SMILES string of the molecule is O=C(/C=C/c1cccc2ccccc12)N1C(=O)OCC1c1ccccc1. The molecule has 0 aromatic heterocycles. The maximum Gasteiger partial charge on any atom is 0.417 e. The Hall–Kier alpha value is -3.40. The third kappa shape index (κ3) is 2.97. The average Bonchev–Trinajstić information content (AvgIpc) is 3.08. The Morgan fingerprint density at radius 1 is 0.962 bits per heavy atom. The zero-order chi connectivity index (χ0) is 17.9. The highest BCUT2D eigenvalue weighted by Gasteiger charge is 2.37. The van der Waals surface area contributed by atoms with Crippen LogP contribution < -0.4 is 0 Å². The van der Waals surface area contributed by atoms with Gasteiger partial charge in [-0.3, -0.25) is 4.79 Å². The van der Waals surface area contributed by atoms with Crippen molar-refractivity contribution < 1.29 is 14.3 Å². The van der Waals surface area contributed by atoms with Gasteiger partial charge in [0.05, 0.1) is 0 Å². The lowest BCUT2D eigenvalue weighted by Crippen LogP contribution is -2.32. The fourth-order valence-corrected chi connectivity index (χ4v) is 3.22. The largest absolute Gasteiger partial charge is 0.446 e. The summed E-state index contributed by atoms with van der Waals surface area (Å²) in [7, 11) is 0. The van der Waals surface area contributed by atoms with Crippen molar-refractivity contribution in [2.45, 2.75) is 6.04 Å². The summed E-state index contributed by atoms with van der Waals surface area (Å²) in [5.41, 5.74) is 1.81. The molecule has 0 saturated carbocycles. The van der Waals surface area contributed by atoms with Gasteiger partial charge in [-0.05, 0) is 28.0 Å². The van der Waals surface area contributed by atoms with E-state index in [0.29, 0.717) is 0 Å². The number of cyclic esters (lactones) is 1. The van der Waals surface area contributed by atoms with Crippen molar-refractivity contribution in [1.82, 2.24) is 4.90 Å². The fraction of sp³-hybridized carbons (Fsp3) is 0.0909. The van der Waals surface area contributed by atoms with Crippen molar-refractivity contribution in [3.05, 3.63) is 90.0 Å². The van der Waals surface area contributed by atoms with Gasteiger partial charge < -0.3 is 4.74 Å². The molecule has 1 saturated heterocycles. The minimum Gasteiger partial charge on any atom is -0.446 e. The first-order valence-corrected chi connectivity index (χ1v) is 8.45. The van der Waals surface area contributed by atoms with E-state index in [-0.39, 0.29) is 12.5 Å². The quantitative estimate of drug-likeness (QED) is 0.654. The minimum atomic E-state index is -0.605. The number of ether oxygens (including phenoxy) is 1. The Labute approximate surface area is 151 Å². The zero-order valence-electron chi connectivity index (χ0n) is 14.0. The standard InChI is InChI=1S/C22H17NO3/c24-21(14-13-17-11-6-10-16-7-4-5-12-19(16)17)23-20(15-26-22(23)25)18-8-2-1-3-9-18/h1-14,20H,15H2/b14-13+. The van der Waals surface area contributed by atoms with E-state index in [2.05, 4.69) is 0 Å². The zero-order valence-corrected chi connectivity index (χ0v) is 14.0. The van der Waals surface area contributed by atoms with Gasteiger partial charge in [-0.15, -0.1) is 0 Å². The van der Waals surface area contributed by atoms with Crippen molar-refractivity contribution in [1.29, 1.82) is 0 Å². The Morgan fingerprint density at radius 3 is 2.54 bits per heavy atom. The van der Waals surface area contributed by atoms with E-state index in [1.807, 2.05) is 72.8 Å². The molecule has 0 radical (unpaired) electrons. The smallest absolute Gasteiger partial charge is 0.417 e. The molecule has 1 atom stereocenters. The second-order valence-corrected chi connectivity index (χ2v) is 6.11. The highest BCUT2D eigenvalue weighted by molar-refractivity contribution is 6.03. The van der Waals surface area contributed by atoms with Gasteiger partial charge >= 0.3 is 6.09 Å². The lowest BCUT2D eigenvalue weighted by Gasteiger charge is -2.18. The molecule has 1 fully saturated rings. The summed E-state index contributed by atoms with van der Waals surface area (Å²) in [5, 5.41) is 2.16. The molecule has 4 heteroatoms. The van der Waals surface area contributed by atoms with Crippen LogP contribution in [0.15, 0.2) is 78.9 Å². The lowest BCUT2D eigenvalue weighted by molar-refractivity contribution is -0.124. The van der Waals surface area contributed by atoms with E-state index in [0.717, 1.165) is 21.9 Å². The summed E-state index contributed by atoms with van der Waals surface area (Å²) in [6, 6.07) is 22.9. The van der Waals surface area contributed by atoms with Gasteiger partial charge in [0.25, 0.3) is 5.91 Å². The molecule has 3 aromatic carbocycles. The molecule has 1 aliphatic heterocycles. The van der Waals surface area contributed by atoms with E-state index >= 15 is 0 Å². The van der Waals surface area contributed by atoms with Crippen LogP contribution in [0.3, 0.4) is 0 Å². The molecule has 3 aromatic rings. The molecule has 0 N–H and O–H groups in total. The van der Waals surface area contributed by atoms with Crippen LogP contribution in [0.2, 0.25) is 0 Å². The predicted octanol–water partition coefficient (Wildman–Crippen LogP) is 4.57. The number of carbonyl (C=O) groups is 2. The number of hydrogen-bond acceptors (Lipinski definition) is 3. The summed E-state index contributed by atoms with van der Waals surface area (Å²) in [6.45, 7) is 0.177. The summed E-state index contributed by atoms with van der Waals surface area (Å²) >= 11 is 0. The molecular formula is C22H17NO3. The molecule has 0 aliphatic carbocycles. The number of fused-ring (bicyclic) bond motifs is 1. The number of imide groups is 1. The van der Waals surface area contributed by atoms with E-state index < -0.39 is 12.1 Å². The van der Waals surface area contributed by atoms with E-state index in [4.69, 9.17) is 4.74 Å². The van der Waals surface area contributed by atoms with Crippen LogP contribution >= 0.6 is 0 Å². The maximum absolute atomic E-state index is 12.7. The summed E-state index contributed by atoms with van der Waals surface area (Å²) in [4.78, 5) is 25.9. The van der Waals surface area contributed by atoms with E-state index in [9.17, 15) is 9.59 Å². The average molecular weight is 343 g/mol. The molecule has 0 bridgehead atoms. The summed E-state index contributed by atoms with van der Waals surface area (Å²) in [6.07, 6.45) is 2.58. The monoisotopic (exact) mass is 343 g/mol. The highest BCUT2D eigenvalue weighted by Crippen LogP contribution is 2.28. The van der Waals surface area contributed by atoms with Crippen LogP contribution in [0.4, 0.5) is 4.79 Å². The van der Waals surface area contributed by atoms with Gasteiger partial charge in [-0.1, -0.05) is 72.8 Å². The molecule has 1 aliphatic rings. The van der Waals surface area contributed by atoms with Gasteiger partial charge in [0.1, 0.15) is 12.6 Å². The number of carbonyl (C=O) groups excluding carboxylic acids is 2. The Bertz CT molecular complexity index is 989. The molecule has 1 heterocycles. The Kier molecular flexibility index (Phi) is 4.23.